The number of hydrogen-bond acceptors (Lipinski definition) is 11. The lowest BCUT2D eigenvalue weighted by atomic mass is 9.97. The van der Waals surface area contributed by atoms with Crippen molar-refractivity contribution in [1.82, 2.24) is 0 Å². The van der Waals surface area contributed by atoms with Crippen molar-refractivity contribution in [1.29, 1.82) is 0 Å². The topological polar surface area (TPSA) is 137 Å². The van der Waals surface area contributed by atoms with Crippen molar-refractivity contribution in [2.75, 3.05) is 92.5 Å². The first-order chi connectivity index (χ1) is 20.9. The number of ketones is 1. The first-order valence-electron chi connectivity index (χ1n) is 15.1. The second-order valence-electron chi connectivity index (χ2n) is 10.6. The maximum Gasteiger partial charge on any atom is 0.305 e. The maximum atomic E-state index is 12.4. The van der Waals surface area contributed by atoms with Crippen LogP contribution >= 0.6 is 0 Å². The van der Waals surface area contributed by atoms with E-state index in [1.54, 1.807) is 0 Å². The highest BCUT2D eigenvalue weighted by atomic mass is 16.8. The van der Waals surface area contributed by atoms with Crippen LogP contribution in [0.1, 0.15) is 43.7 Å². The fraction of sp³-hybridized carbons (Fsp3) is 0.742. The molecule has 3 rings (SSSR count). The summed E-state index contributed by atoms with van der Waals surface area (Å²) in [5.41, 5.74) is 2.14. The number of carboxylic acid groups (broad SMARTS) is 1. The van der Waals surface area contributed by atoms with E-state index in [-0.39, 0.29) is 18.8 Å². The van der Waals surface area contributed by atoms with Crippen molar-refractivity contribution in [3.05, 3.63) is 35.4 Å². The Morgan fingerprint density at radius 3 is 1.63 bits per heavy atom. The molecule has 2 aliphatic heterocycles. The first kappa shape index (κ1) is 35.5. The van der Waals surface area contributed by atoms with Crippen LogP contribution in [-0.2, 0) is 65.1 Å². The molecule has 2 aliphatic rings. The van der Waals surface area contributed by atoms with E-state index < -0.39 is 17.5 Å². The molecule has 1 aromatic carbocycles. The molecule has 0 saturated carbocycles. The highest BCUT2D eigenvalue weighted by Gasteiger charge is 2.46. The van der Waals surface area contributed by atoms with E-state index >= 15 is 0 Å². The smallest absolute Gasteiger partial charge is 0.305 e. The van der Waals surface area contributed by atoms with E-state index in [0.29, 0.717) is 112 Å². The summed E-state index contributed by atoms with van der Waals surface area (Å²) < 4.78 is 50.4. The molecule has 0 spiro atoms. The Hall–Kier alpha value is -2.00. The van der Waals surface area contributed by atoms with Gasteiger partial charge < -0.3 is 47.7 Å². The number of aryl methyl sites for hydroxylation is 1. The number of carboxylic acids is 1. The maximum absolute atomic E-state index is 12.4. The Bertz CT molecular complexity index is 910. The molecule has 0 atom stereocenters. The molecule has 12 heteroatoms. The van der Waals surface area contributed by atoms with Gasteiger partial charge in [0.25, 0.3) is 0 Å². The van der Waals surface area contributed by atoms with Crippen molar-refractivity contribution in [3.63, 3.8) is 0 Å². The van der Waals surface area contributed by atoms with Crippen LogP contribution in [0.2, 0.25) is 0 Å². The van der Waals surface area contributed by atoms with Crippen LogP contribution in [0.25, 0.3) is 0 Å². The molecule has 0 amide bonds. The van der Waals surface area contributed by atoms with Crippen LogP contribution in [0, 0.1) is 0 Å². The van der Waals surface area contributed by atoms with Gasteiger partial charge in [-0.15, -0.1) is 0 Å². The summed E-state index contributed by atoms with van der Waals surface area (Å²) in [5.74, 6) is -2.13. The van der Waals surface area contributed by atoms with Gasteiger partial charge in [0, 0.05) is 19.3 Å². The van der Waals surface area contributed by atoms with Gasteiger partial charge in [-0.25, -0.2) is 0 Å². The summed E-state index contributed by atoms with van der Waals surface area (Å²) in [6.45, 7) is 8.15. The second kappa shape index (κ2) is 20.1. The molecule has 0 aromatic heterocycles. The molecule has 1 N–H and O–H groups in total. The molecule has 43 heavy (non-hydrogen) atoms. The summed E-state index contributed by atoms with van der Waals surface area (Å²) >= 11 is 0. The van der Waals surface area contributed by atoms with Gasteiger partial charge in [-0.2, -0.15) is 0 Å². The molecule has 2 heterocycles. The molecule has 244 valence electrons. The lowest BCUT2D eigenvalue weighted by Crippen LogP contribution is -2.41. The monoisotopic (exact) mass is 612 g/mol. The third kappa shape index (κ3) is 15.0. The average Bonchev–Trinajstić information content (AvgIpc) is 3.63. The van der Waals surface area contributed by atoms with E-state index in [1.807, 2.05) is 19.1 Å². The standard InChI is InChI=1S/C31H48O12/c1-30(40-20-21-41-30)25-31(42-22-23-43-31)9-6-26-2-4-27(5-3-26)24-28(32)7-10-35-12-14-37-16-18-39-19-17-38-15-13-36-11-8-29(33)34/h2-5H,6-25H2,1H3,(H,33,34). The normalized spacial score (nSPS) is 17.4. The fourth-order valence-electron chi connectivity index (χ4n) is 4.78. The summed E-state index contributed by atoms with van der Waals surface area (Å²) in [6.07, 6.45) is 2.74. The number of carbonyl (C=O) groups excluding carboxylic acids is 1. The van der Waals surface area contributed by atoms with Crippen molar-refractivity contribution < 1.29 is 57.3 Å². The van der Waals surface area contributed by atoms with Crippen molar-refractivity contribution in [2.24, 2.45) is 0 Å². The number of carbonyl (C=O) groups is 2. The zero-order chi connectivity index (χ0) is 30.6. The zero-order valence-corrected chi connectivity index (χ0v) is 25.4. The number of benzene rings is 1. The van der Waals surface area contributed by atoms with Crippen LogP contribution in [0.15, 0.2) is 24.3 Å². The van der Waals surface area contributed by atoms with Crippen molar-refractivity contribution in [2.45, 2.75) is 57.0 Å². The predicted molar refractivity (Wildman–Crippen MR) is 154 cm³/mol. The largest absolute Gasteiger partial charge is 0.481 e. The predicted octanol–water partition coefficient (Wildman–Crippen LogP) is 2.57. The summed E-state index contributed by atoms with van der Waals surface area (Å²) in [4.78, 5) is 22.7. The third-order valence-electron chi connectivity index (χ3n) is 6.99. The Labute approximate surface area is 254 Å². The van der Waals surface area contributed by atoms with Gasteiger partial charge in [-0.05, 0) is 24.5 Å². The first-order valence-corrected chi connectivity index (χ1v) is 15.1. The van der Waals surface area contributed by atoms with Gasteiger partial charge in [0.15, 0.2) is 11.6 Å². The molecular weight excluding hydrogens is 564 g/mol. The second-order valence-corrected chi connectivity index (χ2v) is 10.6. The van der Waals surface area contributed by atoms with Gasteiger partial charge in [0.2, 0.25) is 0 Å². The van der Waals surface area contributed by atoms with Gasteiger partial charge in [0.1, 0.15) is 5.78 Å². The SMILES string of the molecule is CC1(CC2(CCc3ccc(CC(=O)CCOCCOCCOCCOCCOCCC(=O)O)cc3)OCCO2)OCCO1. The number of rotatable bonds is 25. The van der Waals surface area contributed by atoms with Crippen molar-refractivity contribution in [3.8, 4) is 0 Å². The van der Waals surface area contributed by atoms with Gasteiger partial charge >= 0.3 is 5.97 Å². The number of aliphatic carboxylic acids is 1. The molecule has 0 aliphatic carbocycles. The van der Waals surface area contributed by atoms with Crippen LogP contribution in [-0.4, -0.2) is 121 Å². The Balaban J connectivity index is 1.15. The number of ether oxygens (including phenoxy) is 9. The quantitative estimate of drug-likeness (QED) is 0.163. The minimum absolute atomic E-state index is 0.00899. The van der Waals surface area contributed by atoms with Crippen molar-refractivity contribution >= 4 is 11.8 Å². The molecule has 12 nitrogen and oxygen atoms in total. The molecule has 2 fully saturated rings. The molecule has 0 bridgehead atoms. The van der Waals surface area contributed by atoms with E-state index in [9.17, 15) is 9.59 Å². The highest BCUT2D eigenvalue weighted by molar-refractivity contribution is 5.80. The highest BCUT2D eigenvalue weighted by Crippen LogP contribution is 2.37. The molecule has 2 saturated heterocycles. The molecule has 1 aromatic rings. The Kier molecular flexibility index (Phi) is 16.6. The van der Waals surface area contributed by atoms with Gasteiger partial charge in [0.05, 0.1) is 105 Å². The van der Waals surface area contributed by atoms with Crippen LogP contribution in [0.4, 0.5) is 0 Å². The summed E-state index contributed by atoms with van der Waals surface area (Å²) in [6, 6.07) is 8.12. The molecule has 0 unspecified atom stereocenters. The summed E-state index contributed by atoms with van der Waals surface area (Å²) in [7, 11) is 0. The minimum Gasteiger partial charge on any atom is -0.481 e. The van der Waals surface area contributed by atoms with Crippen LogP contribution in [0.3, 0.4) is 0 Å². The van der Waals surface area contributed by atoms with E-state index in [1.165, 1.54) is 0 Å². The van der Waals surface area contributed by atoms with Crippen LogP contribution in [0.5, 0.6) is 0 Å². The van der Waals surface area contributed by atoms with E-state index in [4.69, 9.17) is 47.7 Å². The Morgan fingerprint density at radius 2 is 1.12 bits per heavy atom. The van der Waals surface area contributed by atoms with Gasteiger partial charge in [-0.3, -0.25) is 9.59 Å². The fourth-order valence-corrected chi connectivity index (χ4v) is 4.78. The van der Waals surface area contributed by atoms with E-state index in [0.717, 1.165) is 17.5 Å². The third-order valence-corrected chi connectivity index (χ3v) is 6.99. The van der Waals surface area contributed by atoms with E-state index in [2.05, 4.69) is 12.1 Å². The number of Topliss-reactive ketones (excluding diaryl/α,β-unsaturated/α-hetero) is 1. The lowest BCUT2D eigenvalue weighted by molar-refractivity contribution is -0.244. The lowest BCUT2D eigenvalue weighted by Gasteiger charge is -2.34. The molecular formula is C31H48O12. The van der Waals surface area contributed by atoms with Crippen LogP contribution < -0.4 is 0 Å². The molecule has 0 radical (unpaired) electrons. The zero-order valence-electron chi connectivity index (χ0n) is 25.4. The summed E-state index contributed by atoms with van der Waals surface area (Å²) in [5, 5.41) is 8.50. The van der Waals surface area contributed by atoms with Gasteiger partial charge in [-0.1, -0.05) is 24.3 Å². The minimum atomic E-state index is -0.879. The number of hydrogen-bond donors (Lipinski definition) is 1. The Morgan fingerprint density at radius 1 is 0.674 bits per heavy atom. The average molecular weight is 613 g/mol.